The van der Waals surface area contributed by atoms with Gasteiger partial charge in [-0.05, 0) is 75.1 Å². The van der Waals surface area contributed by atoms with Crippen molar-refractivity contribution in [2.75, 3.05) is 0 Å². The number of thiophene rings is 1. The van der Waals surface area contributed by atoms with Crippen molar-refractivity contribution in [2.24, 2.45) is 0 Å². The van der Waals surface area contributed by atoms with E-state index in [2.05, 4.69) is 193 Å². The molecule has 0 bridgehead atoms. The number of fused-ring (bicyclic) bond motifs is 8. The molecular weight excluding hydrogens is 725 g/mol. The van der Waals surface area contributed by atoms with Gasteiger partial charge in [0.05, 0.1) is 22.3 Å². The predicted molar refractivity (Wildman–Crippen MR) is 244 cm³/mol. The van der Waals surface area contributed by atoms with Gasteiger partial charge in [-0.3, -0.25) is 0 Å². The highest BCUT2D eigenvalue weighted by Gasteiger charge is 2.23. The van der Waals surface area contributed by atoms with Crippen LogP contribution in [0.2, 0.25) is 0 Å². The van der Waals surface area contributed by atoms with E-state index in [-0.39, 0.29) is 0 Å². The van der Waals surface area contributed by atoms with E-state index >= 15 is 0 Å². The zero-order valence-corrected chi connectivity index (χ0v) is 32.0. The molecule has 3 heterocycles. The summed E-state index contributed by atoms with van der Waals surface area (Å²) in [5, 5.41) is 9.39. The highest BCUT2D eigenvalue weighted by Crippen LogP contribution is 2.43. The van der Waals surface area contributed by atoms with E-state index < -0.39 is 0 Å². The molecule has 0 spiro atoms. The van der Waals surface area contributed by atoms with Crippen LogP contribution in [0.25, 0.3) is 115 Å². The minimum absolute atomic E-state index is 0.625. The molecule has 0 amide bonds. The Balaban J connectivity index is 1.19. The van der Waals surface area contributed by atoms with Crippen LogP contribution in [0.5, 0.6) is 0 Å². The van der Waals surface area contributed by atoms with E-state index in [1.54, 1.807) is 11.3 Å². The van der Waals surface area contributed by atoms with Crippen LogP contribution in [0.3, 0.4) is 0 Å². The van der Waals surface area contributed by atoms with Crippen molar-refractivity contribution >= 4 is 74.9 Å². The number of rotatable bonds is 5. The minimum Gasteiger partial charge on any atom is -0.308 e. The van der Waals surface area contributed by atoms with E-state index in [1.165, 1.54) is 36.3 Å². The van der Waals surface area contributed by atoms with Crippen LogP contribution < -0.4 is 0 Å². The standard InChI is InChI=1S/C53H32N4S/c1-2-14-33(15-3-1)35-19-12-20-38(30-35)51-54-52(42-24-13-27-48-49(42)41-23-9-11-26-47(41)58-48)56-53(55-51)50-39-21-7-6-16-34(39)28-29-45(50)57-44-25-10-8-22-40(44)43-31-36-17-4-5-18-37(36)32-46(43)57/h1-32H. The number of nitrogens with zero attached hydrogens (tertiary/aromatic N) is 4. The van der Waals surface area contributed by atoms with Gasteiger partial charge in [0.1, 0.15) is 0 Å². The molecule has 0 aliphatic rings. The van der Waals surface area contributed by atoms with Gasteiger partial charge in [-0.25, -0.2) is 15.0 Å². The Morgan fingerprint density at radius 3 is 1.88 bits per heavy atom. The van der Waals surface area contributed by atoms with Gasteiger partial charge < -0.3 is 4.57 Å². The van der Waals surface area contributed by atoms with Gasteiger partial charge in [0.25, 0.3) is 0 Å². The average Bonchev–Trinajstić information content (AvgIpc) is 3.83. The Hall–Kier alpha value is -7.47. The van der Waals surface area contributed by atoms with Gasteiger partial charge in [-0.15, -0.1) is 11.3 Å². The summed E-state index contributed by atoms with van der Waals surface area (Å²) in [4.78, 5) is 16.3. The molecule has 9 aromatic carbocycles. The number of para-hydroxylation sites is 1. The lowest BCUT2D eigenvalue weighted by molar-refractivity contribution is 1.07. The van der Waals surface area contributed by atoms with E-state index in [0.29, 0.717) is 17.5 Å². The molecule has 0 saturated heterocycles. The van der Waals surface area contributed by atoms with Crippen LogP contribution >= 0.6 is 11.3 Å². The van der Waals surface area contributed by atoms with Crippen molar-refractivity contribution in [3.05, 3.63) is 194 Å². The van der Waals surface area contributed by atoms with Crippen LogP contribution in [0, 0.1) is 0 Å². The molecule has 3 aromatic heterocycles. The fourth-order valence-electron chi connectivity index (χ4n) is 8.76. The van der Waals surface area contributed by atoms with Crippen LogP contribution in [-0.4, -0.2) is 19.5 Å². The van der Waals surface area contributed by atoms with Crippen LogP contribution in [0.4, 0.5) is 0 Å². The summed E-state index contributed by atoms with van der Waals surface area (Å²) < 4.78 is 4.85. The molecule has 0 saturated carbocycles. The van der Waals surface area contributed by atoms with Gasteiger partial charge in [0.2, 0.25) is 0 Å². The summed E-state index contributed by atoms with van der Waals surface area (Å²) in [5.41, 5.74) is 8.41. The Kier molecular flexibility index (Phi) is 7.37. The van der Waals surface area contributed by atoms with E-state index in [4.69, 9.17) is 15.0 Å². The highest BCUT2D eigenvalue weighted by atomic mass is 32.1. The molecule has 12 rings (SSSR count). The number of hydrogen-bond acceptors (Lipinski definition) is 4. The normalized spacial score (nSPS) is 11.8. The lowest BCUT2D eigenvalue weighted by Gasteiger charge is -2.17. The van der Waals surface area contributed by atoms with Crippen molar-refractivity contribution in [1.82, 2.24) is 19.5 Å². The van der Waals surface area contributed by atoms with Crippen LogP contribution in [0.15, 0.2) is 194 Å². The van der Waals surface area contributed by atoms with Crippen molar-refractivity contribution < 1.29 is 0 Å². The van der Waals surface area contributed by atoms with Gasteiger partial charge in [0.15, 0.2) is 17.5 Å². The SMILES string of the molecule is c1ccc(-c2cccc(-c3nc(-c4c(-n5c6ccccc6c6cc7ccccc7cc65)ccc5ccccc45)nc(-c4cccc5sc6ccccc6c45)n3)c2)cc1. The Morgan fingerprint density at radius 2 is 1.00 bits per heavy atom. The third kappa shape index (κ3) is 5.18. The average molecular weight is 757 g/mol. The Bertz CT molecular complexity index is 3580. The smallest absolute Gasteiger partial charge is 0.166 e. The monoisotopic (exact) mass is 756 g/mol. The maximum absolute atomic E-state index is 5.52. The van der Waals surface area contributed by atoms with Crippen molar-refractivity contribution in [3.63, 3.8) is 0 Å². The number of hydrogen-bond donors (Lipinski definition) is 0. The Labute approximate surface area is 338 Å². The van der Waals surface area contributed by atoms with Crippen molar-refractivity contribution in [1.29, 1.82) is 0 Å². The largest absolute Gasteiger partial charge is 0.308 e. The summed E-state index contributed by atoms with van der Waals surface area (Å²) in [6.07, 6.45) is 0. The highest BCUT2D eigenvalue weighted by molar-refractivity contribution is 7.25. The topological polar surface area (TPSA) is 43.6 Å². The quantitative estimate of drug-likeness (QED) is 0.176. The molecule has 0 aliphatic heterocycles. The molecule has 0 N–H and O–H groups in total. The lowest BCUT2D eigenvalue weighted by atomic mass is 10.00. The summed E-state index contributed by atoms with van der Waals surface area (Å²) in [5.74, 6) is 1.90. The maximum atomic E-state index is 5.52. The second-order valence-corrected chi connectivity index (χ2v) is 15.9. The second-order valence-electron chi connectivity index (χ2n) is 14.8. The number of aromatic nitrogens is 4. The van der Waals surface area contributed by atoms with E-state index in [0.717, 1.165) is 60.7 Å². The molecule has 0 atom stereocenters. The zero-order chi connectivity index (χ0) is 38.2. The second kappa shape index (κ2) is 13.1. The zero-order valence-electron chi connectivity index (χ0n) is 31.2. The molecule has 4 nitrogen and oxygen atoms in total. The molecule has 0 unspecified atom stereocenters. The molecule has 270 valence electrons. The summed E-state index contributed by atoms with van der Waals surface area (Å²) in [6.45, 7) is 0. The molecular formula is C53H32N4S. The first kappa shape index (κ1) is 32.7. The van der Waals surface area contributed by atoms with E-state index in [1.807, 2.05) is 6.07 Å². The third-order valence-corrected chi connectivity index (χ3v) is 12.6. The molecule has 58 heavy (non-hydrogen) atoms. The van der Waals surface area contributed by atoms with Crippen LogP contribution in [-0.2, 0) is 0 Å². The summed E-state index contributed by atoms with van der Waals surface area (Å²) in [7, 11) is 0. The summed E-state index contributed by atoms with van der Waals surface area (Å²) in [6, 6.07) is 69.2. The van der Waals surface area contributed by atoms with E-state index in [9.17, 15) is 0 Å². The van der Waals surface area contributed by atoms with Gasteiger partial charge in [-0.2, -0.15) is 0 Å². The molecule has 0 aliphatic carbocycles. The van der Waals surface area contributed by atoms with Crippen LogP contribution in [0.1, 0.15) is 0 Å². The molecule has 0 fully saturated rings. The first-order valence-corrected chi connectivity index (χ1v) is 20.3. The van der Waals surface area contributed by atoms with Crippen molar-refractivity contribution in [3.8, 4) is 51.0 Å². The number of benzene rings is 9. The molecule has 12 aromatic rings. The van der Waals surface area contributed by atoms with Gasteiger partial charge in [-0.1, -0.05) is 152 Å². The first-order chi connectivity index (χ1) is 28.7. The third-order valence-electron chi connectivity index (χ3n) is 11.4. The first-order valence-electron chi connectivity index (χ1n) is 19.5. The van der Waals surface area contributed by atoms with Gasteiger partial charge in [0, 0.05) is 42.1 Å². The fourth-order valence-corrected chi connectivity index (χ4v) is 9.89. The fraction of sp³-hybridized carbons (Fsp3) is 0. The van der Waals surface area contributed by atoms with Crippen molar-refractivity contribution in [2.45, 2.75) is 0 Å². The summed E-state index contributed by atoms with van der Waals surface area (Å²) >= 11 is 1.80. The molecule has 5 heteroatoms. The Morgan fingerprint density at radius 1 is 0.362 bits per heavy atom. The molecule has 0 radical (unpaired) electrons. The lowest BCUT2D eigenvalue weighted by Crippen LogP contribution is -2.04. The maximum Gasteiger partial charge on any atom is 0.166 e. The predicted octanol–water partition coefficient (Wildman–Crippen LogP) is 14.3. The minimum atomic E-state index is 0.625. The van der Waals surface area contributed by atoms with Gasteiger partial charge >= 0.3 is 0 Å².